The third kappa shape index (κ3) is 5.32. The molecule has 7 nitrogen and oxygen atoms in total. The third-order valence-corrected chi connectivity index (χ3v) is 5.47. The van der Waals surface area contributed by atoms with E-state index in [-0.39, 0.29) is 23.5 Å². The number of thioether (sulfide) groups is 1. The molecule has 8 heteroatoms. The summed E-state index contributed by atoms with van der Waals surface area (Å²) in [6.45, 7) is 3.55. The molecule has 1 aromatic carbocycles. The maximum absolute atomic E-state index is 12.7. The lowest BCUT2D eigenvalue weighted by Crippen LogP contribution is -2.43. The number of likely N-dealkylation sites (tertiary alicyclic amines) is 1. The number of carbonyl (C=O) groups is 2. The molecule has 3 rings (SSSR count). The van der Waals surface area contributed by atoms with Gasteiger partial charge in [-0.05, 0) is 18.4 Å². The van der Waals surface area contributed by atoms with E-state index in [0.29, 0.717) is 43.6 Å². The van der Waals surface area contributed by atoms with Gasteiger partial charge in [-0.2, -0.15) is 0 Å². The van der Waals surface area contributed by atoms with E-state index in [2.05, 4.69) is 10.2 Å². The second kappa shape index (κ2) is 9.03. The van der Waals surface area contributed by atoms with Crippen molar-refractivity contribution < 1.29 is 14.0 Å². The van der Waals surface area contributed by atoms with E-state index in [1.807, 2.05) is 42.3 Å². The summed E-state index contributed by atoms with van der Waals surface area (Å²) in [6, 6.07) is 9.97. The Morgan fingerprint density at radius 3 is 2.56 bits per heavy atom. The highest BCUT2D eigenvalue weighted by atomic mass is 32.2. The Morgan fingerprint density at radius 1 is 1.22 bits per heavy atom. The van der Waals surface area contributed by atoms with E-state index in [0.717, 1.165) is 5.56 Å². The Morgan fingerprint density at radius 2 is 1.93 bits per heavy atom. The van der Waals surface area contributed by atoms with Crippen molar-refractivity contribution in [2.75, 3.05) is 25.9 Å². The highest BCUT2D eigenvalue weighted by Crippen LogP contribution is 2.22. The zero-order valence-corrected chi connectivity index (χ0v) is 16.4. The normalized spacial score (nSPS) is 15.0. The fourth-order valence-corrected chi connectivity index (χ4v) is 3.88. The molecule has 2 amide bonds. The minimum atomic E-state index is -0.0194. The van der Waals surface area contributed by atoms with Crippen LogP contribution in [0.5, 0.6) is 0 Å². The minimum Gasteiger partial charge on any atom is -0.416 e. The molecule has 1 aromatic heterocycles. The van der Waals surface area contributed by atoms with E-state index in [4.69, 9.17) is 4.42 Å². The van der Waals surface area contributed by atoms with Crippen molar-refractivity contribution in [3.63, 3.8) is 0 Å². The Balaban J connectivity index is 1.43. The summed E-state index contributed by atoms with van der Waals surface area (Å²) in [7, 11) is 1.84. The molecule has 2 aromatic rings. The van der Waals surface area contributed by atoms with Gasteiger partial charge in [0.25, 0.3) is 5.22 Å². The number of rotatable bonds is 6. The lowest BCUT2D eigenvalue weighted by molar-refractivity contribution is -0.139. The van der Waals surface area contributed by atoms with Gasteiger partial charge in [-0.3, -0.25) is 9.59 Å². The first kappa shape index (κ1) is 19.4. The van der Waals surface area contributed by atoms with Crippen molar-refractivity contribution >= 4 is 23.6 Å². The van der Waals surface area contributed by atoms with E-state index >= 15 is 0 Å². The zero-order valence-electron chi connectivity index (χ0n) is 15.6. The van der Waals surface area contributed by atoms with Crippen LogP contribution in [0.3, 0.4) is 0 Å². The number of aryl methyl sites for hydroxylation is 1. The molecule has 27 heavy (non-hydrogen) atoms. The quantitative estimate of drug-likeness (QED) is 0.707. The summed E-state index contributed by atoms with van der Waals surface area (Å²) in [5.41, 5.74) is 1.12. The predicted octanol–water partition coefficient (Wildman–Crippen LogP) is 2.37. The summed E-state index contributed by atoms with van der Waals surface area (Å²) < 4.78 is 5.26. The second-order valence-electron chi connectivity index (χ2n) is 6.71. The lowest BCUT2D eigenvalue weighted by atomic mass is 9.95. The van der Waals surface area contributed by atoms with Crippen LogP contribution in [0.25, 0.3) is 0 Å². The van der Waals surface area contributed by atoms with Crippen molar-refractivity contribution in [1.82, 2.24) is 20.0 Å². The summed E-state index contributed by atoms with van der Waals surface area (Å²) in [5, 5.41) is 8.04. The van der Waals surface area contributed by atoms with Crippen LogP contribution >= 0.6 is 11.8 Å². The van der Waals surface area contributed by atoms with Gasteiger partial charge in [-0.25, -0.2) is 0 Å². The summed E-state index contributed by atoms with van der Waals surface area (Å²) in [5.74, 6) is 0.938. The van der Waals surface area contributed by atoms with Gasteiger partial charge in [0.2, 0.25) is 17.7 Å². The van der Waals surface area contributed by atoms with Crippen LogP contribution in [0.4, 0.5) is 0 Å². The van der Waals surface area contributed by atoms with E-state index < -0.39 is 0 Å². The highest BCUT2D eigenvalue weighted by molar-refractivity contribution is 7.99. The molecule has 1 aliphatic rings. The molecule has 0 spiro atoms. The van der Waals surface area contributed by atoms with Crippen molar-refractivity contribution in [2.24, 2.45) is 5.92 Å². The minimum absolute atomic E-state index is 0.0194. The molecule has 1 aliphatic heterocycles. The van der Waals surface area contributed by atoms with Crippen molar-refractivity contribution in [1.29, 1.82) is 0 Å². The molecule has 0 radical (unpaired) electrons. The third-order valence-electron chi connectivity index (χ3n) is 4.66. The molecular weight excluding hydrogens is 364 g/mol. The first-order valence-electron chi connectivity index (χ1n) is 9.02. The summed E-state index contributed by atoms with van der Waals surface area (Å²) in [6.07, 6.45) is 1.40. The maximum Gasteiger partial charge on any atom is 0.277 e. The number of benzene rings is 1. The van der Waals surface area contributed by atoms with Crippen LogP contribution in [0.1, 0.15) is 24.3 Å². The molecule has 144 valence electrons. The van der Waals surface area contributed by atoms with E-state index in [1.54, 1.807) is 11.8 Å². The van der Waals surface area contributed by atoms with E-state index in [9.17, 15) is 9.59 Å². The Bertz CT molecular complexity index is 772. The number of hydrogen-bond acceptors (Lipinski definition) is 6. The smallest absolute Gasteiger partial charge is 0.277 e. The average Bonchev–Trinajstić information content (AvgIpc) is 3.11. The van der Waals surface area contributed by atoms with Crippen molar-refractivity contribution in [3.05, 3.63) is 41.8 Å². The molecule has 0 unspecified atom stereocenters. The Kier molecular flexibility index (Phi) is 6.49. The topological polar surface area (TPSA) is 79.5 Å². The molecule has 0 N–H and O–H groups in total. The molecule has 2 heterocycles. The fraction of sp³-hybridized carbons (Fsp3) is 0.474. The lowest BCUT2D eigenvalue weighted by Gasteiger charge is -2.33. The van der Waals surface area contributed by atoms with Gasteiger partial charge >= 0.3 is 0 Å². The van der Waals surface area contributed by atoms with Crippen LogP contribution < -0.4 is 0 Å². The zero-order chi connectivity index (χ0) is 19.2. The van der Waals surface area contributed by atoms with Gasteiger partial charge in [0, 0.05) is 39.5 Å². The Labute approximate surface area is 163 Å². The number of piperidine rings is 1. The first-order chi connectivity index (χ1) is 13.0. The van der Waals surface area contributed by atoms with Crippen LogP contribution in [-0.2, 0) is 16.1 Å². The number of aromatic nitrogens is 2. The fourth-order valence-electron chi connectivity index (χ4n) is 3.17. The van der Waals surface area contributed by atoms with Crippen LogP contribution in [0.2, 0.25) is 0 Å². The van der Waals surface area contributed by atoms with Gasteiger partial charge < -0.3 is 14.2 Å². The Hall–Kier alpha value is -2.35. The monoisotopic (exact) mass is 388 g/mol. The SMILES string of the molecule is Cc1nnc(SCC(=O)N2CCC(C(=O)N(C)Cc3ccccc3)CC2)o1. The van der Waals surface area contributed by atoms with Crippen LogP contribution in [0, 0.1) is 12.8 Å². The van der Waals surface area contributed by atoms with Crippen molar-refractivity contribution in [2.45, 2.75) is 31.5 Å². The number of nitrogens with zero attached hydrogens (tertiary/aromatic N) is 4. The highest BCUT2D eigenvalue weighted by Gasteiger charge is 2.29. The number of amides is 2. The molecule has 1 saturated heterocycles. The summed E-state index contributed by atoms with van der Waals surface area (Å²) in [4.78, 5) is 28.6. The molecular formula is C19H24N4O3S. The van der Waals surface area contributed by atoms with Crippen LogP contribution in [-0.4, -0.2) is 57.7 Å². The van der Waals surface area contributed by atoms with Crippen molar-refractivity contribution in [3.8, 4) is 0 Å². The van der Waals surface area contributed by atoms with Gasteiger partial charge in [0.05, 0.1) is 5.75 Å². The largest absolute Gasteiger partial charge is 0.416 e. The van der Waals surface area contributed by atoms with Gasteiger partial charge in [0.15, 0.2) is 0 Å². The number of hydrogen-bond donors (Lipinski definition) is 0. The second-order valence-corrected chi connectivity index (χ2v) is 7.64. The molecule has 0 atom stereocenters. The summed E-state index contributed by atoms with van der Waals surface area (Å²) >= 11 is 1.25. The first-order valence-corrected chi connectivity index (χ1v) is 10.0. The number of carbonyl (C=O) groups excluding carboxylic acids is 2. The average molecular weight is 388 g/mol. The van der Waals surface area contributed by atoms with Gasteiger partial charge in [0.1, 0.15) is 0 Å². The van der Waals surface area contributed by atoms with Crippen LogP contribution in [0.15, 0.2) is 40.0 Å². The van der Waals surface area contributed by atoms with Gasteiger partial charge in [-0.15, -0.1) is 10.2 Å². The molecule has 0 aliphatic carbocycles. The van der Waals surface area contributed by atoms with E-state index in [1.165, 1.54) is 11.8 Å². The molecule has 0 saturated carbocycles. The van der Waals surface area contributed by atoms with Gasteiger partial charge in [-0.1, -0.05) is 42.1 Å². The maximum atomic E-state index is 12.7. The predicted molar refractivity (Wildman–Crippen MR) is 102 cm³/mol. The standard InChI is InChI=1S/C19H24N4O3S/c1-14-20-21-19(26-14)27-13-17(24)23-10-8-16(9-11-23)18(25)22(2)12-15-6-4-3-5-7-15/h3-7,16H,8-13H2,1-2H3. The molecule has 0 bridgehead atoms. The molecule has 1 fully saturated rings.